The molecule has 4 rings (SSSR count). The van der Waals surface area contributed by atoms with Crippen molar-refractivity contribution in [3.63, 3.8) is 0 Å². The third-order valence-corrected chi connectivity index (χ3v) is 6.48. The maximum Gasteiger partial charge on any atom is 0.167 e. The molecule has 0 bridgehead atoms. The van der Waals surface area contributed by atoms with E-state index in [4.69, 9.17) is 0 Å². The molecule has 1 aliphatic carbocycles. The first-order chi connectivity index (χ1) is 13.1. The monoisotopic (exact) mass is 363 g/mol. The molecule has 0 spiro atoms. The first kappa shape index (κ1) is 18.4. The number of hydrogen-bond acceptors (Lipinski definition) is 3. The van der Waals surface area contributed by atoms with Gasteiger partial charge in [0.15, 0.2) is 5.78 Å². The molecule has 0 amide bonds. The lowest BCUT2D eigenvalue weighted by Crippen LogP contribution is -2.45. The molecule has 1 unspecified atom stereocenters. The highest BCUT2D eigenvalue weighted by molar-refractivity contribution is 6.00. The van der Waals surface area contributed by atoms with Crippen LogP contribution in [-0.4, -0.2) is 35.4 Å². The van der Waals surface area contributed by atoms with Gasteiger partial charge >= 0.3 is 0 Å². The molecule has 1 N–H and O–H groups in total. The van der Waals surface area contributed by atoms with Gasteiger partial charge in [-0.05, 0) is 48.8 Å². The molecule has 2 aliphatic rings. The summed E-state index contributed by atoms with van der Waals surface area (Å²) in [4.78, 5) is 15.2. The lowest BCUT2D eigenvalue weighted by Gasteiger charge is -2.40. The van der Waals surface area contributed by atoms with Crippen LogP contribution in [-0.2, 0) is 18.4 Å². The van der Waals surface area contributed by atoms with Crippen molar-refractivity contribution in [1.29, 1.82) is 0 Å². The van der Waals surface area contributed by atoms with E-state index in [1.807, 2.05) is 18.2 Å². The number of aryl methyl sites for hydroxylation is 2. The van der Waals surface area contributed by atoms with Gasteiger partial charge in [0.05, 0.1) is 5.60 Å². The van der Waals surface area contributed by atoms with Gasteiger partial charge < -0.3 is 10.0 Å². The Balaban J connectivity index is 1.37. The van der Waals surface area contributed by atoms with Gasteiger partial charge in [0.25, 0.3) is 0 Å². The summed E-state index contributed by atoms with van der Waals surface area (Å²) in [7, 11) is 0. The van der Waals surface area contributed by atoms with Gasteiger partial charge in [0.2, 0.25) is 0 Å². The summed E-state index contributed by atoms with van der Waals surface area (Å²) in [6.45, 7) is 4.65. The number of aliphatic hydroxyl groups is 1. The molecule has 1 heterocycles. The number of carbonyl (C=O) groups is 1. The predicted molar refractivity (Wildman–Crippen MR) is 108 cm³/mol. The normalized spacial score (nSPS) is 22.4. The fourth-order valence-corrected chi connectivity index (χ4v) is 4.59. The molecule has 2 aromatic rings. The standard InChI is InChI=1S/C24H29NO2/c1-2-18-7-11-21(12-8-18)24(27)13-15-25(16-14-24)17-20-10-9-19-5-3-4-6-22(19)23(20)26/h3-8,11-12,20,27H,2,9-10,13-17H2,1H3. The fourth-order valence-electron chi connectivity index (χ4n) is 4.59. The Hall–Kier alpha value is -1.97. The molecule has 27 heavy (non-hydrogen) atoms. The highest BCUT2D eigenvalue weighted by atomic mass is 16.3. The Labute approximate surface area is 162 Å². The predicted octanol–water partition coefficient (Wildman–Crippen LogP) is 3.98. The summed E-state index contributed by atoms with van der Waals surface area (Å²) in [5, 5.41) is 11.1. The van der Waals surface area contributed by atoms with Crippen LogP contribution < -0.4 is 0 Å². The molecule has 1 fully saturated rings. The van der Waals surface area contributed by atoms with Crippen LogP contribution in [0.15, 0.2) is 48.5 Å². The molecule has 3 nitrogen and oxygen atoms in total. The summed E-state index contributed by atoms with van der Waals surface area (Å²) >= 11 is 0. The topological polar surface area (TPSA) is 40.5 Å². The molecule has 1 aliphatic heterocycles. The van der Waals surface area contributed by atoms with E-state index in [0.717, 1.165) is 62.9 Å². The molecule has 1 saturated heterocycles. The van der Waals surface area contributed by atoms with Gasteiger partial charge in [-0.3, -0.25) is 4.79 Å². The van der Waals surface area contributed by atoms with Crippen molar-refractivity contribution in [3.8, 4) is 0 Å². The van der Waals surface area contributed by atoms with E-state index < -0.39 is 5.60 Å². The van der Waals surface area contributed by atoms with Crippen LogP contribution in [0.25, 0.3) is 0 Å². The van der Waals surface area contributed by atoms with Crippen molar-refractivity contribution >= 4 is 5.78 Å². The minimum atomic E-state index is -0.730. The van der Waals surface area contributed by atoms with Crippen molar-refractivity contribution in [1.82, 2.24) is 4.90 Å². The average molecular weight is 364 g/mol. The zero-order valence-electron chi connectivity index (χ0n) is 16.2. The van der Waals surface area contributed by atoms with Crippen molar-refractivity contribution < 1.29 is 9.90 Å². The van der Waals surface area contributed by atoms with E-state index in [1.54, 1.807) is 0 Å². The molecule has 142 valence electrons. The molecule has 2 aromatic carbocycles. The molecular weight excluding hydrogens is 334 g/mol. The molecule has 0 radical (unpaired) electrons. The van der Waals surface area contributed by atoms with Gasteiger partial charge in [-0.2, -0.15) is 0 Å². The summed E-state index contributed by atoms with van der Waals surface area (Å²) < 4.78 is 0. The Morgan fingerprint density at radius 3 is 2.48 bits per heavy atom. The van der Waals surface area contributed by atoms with Crippen molar-refractivity contribution in [3.05, 3.63) is 70.8 Å². The van der Waals surface area contributed by atoms with Gasteiger partial charge in [0, 0.05) is 31.1 Å². The van der Waals surface area contributed by atoms with E-state index in [1.165, 1.54) is 11.1 Å². The van der Waals surface area contributed by atoms with Crippen molar-refractivity contribution in [2.45, 2.75) is 44.6 Å². The first-order valence-electron chi connectivity index (χ1n) is 10.3. The van der Waals surface area contributed by atoms with Crippen molar-refractivity contribution in [2.24, 2.45) is 5.92 Å². The minimum Gasteiger partial charge on any atom is -0.385 e. The second kappa shape index (κ2) is 7.57. The number of piperidine rings is 1. The molecule has 1 atom stereocenters. The minimum absolute atomic E-state index is 0.0925. The number of benzene rings is 2. The maximum atomic E-state index is 12.8. The zero-order valence-corrected chi connectivity index (χ0v) is 16.2. The van der Waals surface area contributed by atoms with E-state index in [-0.39, 0.29) is 5.92 Å². The Morgan fingerprint density at radius 2 is 1.78 bits per heavy atom. The molecular formula is C24H29NO2. The number of fused-ring (bicyclic) bond motifs is 1. The molecule has 0 saturated carbocycles. The average Bonchev–Trinajstić information content (AvgIpc) is 2.72. The van der Waals surface area contributed by atoms with Crippen molar-refractivity contribution in [2.75, 3.05) is 19.6 Å². The van der Waals surface area contributed by atoms with Gasteiger partial charge in [0.1, 0.15) is 0 Å². The number of hydrogen-bond donors (Lipinski definition) is 1. The van der Waals surface area contributed by atoms with Gasteiger partial charge in [-0.25, -0.2) is 0 Å². The zero-order chi connectivity index (χ0) is 18.9. The lowest BCUT2D eigenvalue weighted by atomic mass is 9.81. The van der Waals surface area contributed by atoms with Crippen LogP contribution in [0.4, 0.5) is 0 Å². The second-order valence-corrected chi connectivity index (χ2v) is 8.14. The third kappa shape index (κ3) is 3.71. The van der Waals surface area contributed by atoms with Gasteiger partial charge in [-0.15, -0.1) is 0 Å². The van der Waals surface area contributed by atoms with Crippen LogP contribution in [0.3, 0.4) is 0 Å². The second-order valence-electron chi connectivity index (χ2n) is 8.14. The highest BCUT2D eigenvalue weighted by Gasteiger charge is 2.36. The quantitative estimate of drug-likeness (QED) is 0.893. The lowest BCUT2D eigenvalue weighted by molar-refractivity contribution is -0.0283. The number of rotatable bonds is 4. The van der Waals surface area contributed by atoms with Crippen LogP contribution >= 0.6 is 0 Å². The fraction of sp³-hybridized carbons (Fsp3) is 0.458. The molecule has 0 aromatic heterocycles. The number of ketones is 1. The Morgan fingerprint density at radius 1 is 1.07 bits per heavy atom. The summed E-state index contributed by atoms with van der Waals surface area (Å²) in [6.07, 6.45) is 4.42. The SMILES string of the molecule is CCc1ccc(C2(O)CCN(CC3CCc4ccccc4C3=O)CC2)cc1. The van der Waals surface area contributed by atoms with Crippen LogP contribution in [0.5, 0.6) is 0 Å². The Bertz CT molecular complexity index is 803. The van der Waals surface area contributed by atoms with Crippen LogP contribution in [0.1, 0.15) is 53.2 Å². The van der Waals surface area contributed by atoms with E-state index in [0.29, 0.717) is 5.78 Å². The number of likely N-dealkylation sites (tertiary alicyclic amines) is 1. The highest BCUT2D eigenvalue weighted by Crippen LogP contribution is 2.34. The summed E-state index contributed by atoms with van der Waals surface area (Å²) in [6, 6.07) is 16.4. The first-order valence-corrected chi connectivity index (χ1v) is 10.3. The third-order valence-electron chi connectivity index (χ3n) is 6.48. The van der Waals surface area contributed by atoms with E-state index in [2.05, 4.69) is 42.2 Å². The van der Waals surface area contributed by atoms with E-state index in [9.17, 15) is 9.90 Å². The number of carbonyl (C=O) groups excluding carboxylic acids is 1. The van der Waals surface area contributed by atoms with E-state index >= 15 is 0 Å². The van der Waals surface area contributed by atoms with Gasteiger partial charge in [-0.1, -0.05) is 55.5 Å². The smallest absolute Gasteiger partial charge is 0.167 e. The molecule has 3 heteroatoms. The maximum absolute atomic E-state index is 12.8. The van der Waals surface area contributed by atoms with Crippen LogP contribution in [0.2, 0.25) is 0 Å². The summed E-state index contributed by atoms with van der Waals surface area (Å²) in [5.74, 6) is 0.391. The van der Waals surface area contributed by atoms with Crippen LogP contribution in [0, 0.1) is 5.92 Å². The Kier molecular flexibility index (Phi) is 5.16. The largest absolute Gasteiger partial charge is 0.385 e. The summed E-state index contributed by atoms with van der Waals surface area (Å²) in [5.41, 5.74) is 3.71. The number of Topliss-reactive ketones (excluding diaryl/α,β-unsaturated/α-hetero) is 1. The number of nitrogens with zero attached hydrogens (tertiary/aromatic N) is 1.